The molecule has 0 bridgehead atoms. The van der Waals surface area contributed by atoms with E-state index in [2.05, 4.69) is 21.9 Å². The predicted molar refractivity (Wildman–Crippen MR) is 51.5 cm³/mol. The fourth-order valence-corrected chi connectivity index (χ4v) is 0.909. The Morgan fingerprint density at radius 3 is 2.53 bits per heavy atom. The third-order valence-corrected chi connectivity index (χ3v) is 1.52. The van der Waals surface area contributed by atoms with Crippen molar-refractivity contribution in [1.82, 2.24) is 15.3 Å². The van der Waals surface area contributed by atoms with Gasteiger partial charge in [0, 0.05) is 18.9 Å². The van der Waals surface area contributed by atoms with Crippen molar-refractivity contribution in [1.29, 1.82) is 0 Å². The van der Waals surface area contributed by atoms with Crippen molar-refractivity contribution in [3.8, 4) is 0 Å². The molecule has 1 aromatic rings. The zero-order valence-electron chi connectivity index (χ0n) is 7.80. The fraction of sp³-hybridized carbons (Fsp3) is 0.111. The number of carboxylic acids is 1. The molecule has 6 heteroatoms. The summed E-state index contributed by atoms with van der Waals surface area (Å²) in [7, 11) is 0. The Morgan fingerprint density at radius 1 is 1.40 bits per heavy atom. The van der Waals surface area contributed by atoms with Crippen LogP contribution in [0.5, 0.6) is 0 Å². The number of rotatable bonds is 4. The third kappa shape index (κ3) is 2.60. The SMILES string of the molecule is C=CCNC(=O)c1nccnc1C(=O)O. The molecule has 1 amide bonds. The van der Waals surface area contributed by atoms with Gasteiger partial charge in [-0.25, -0.2) is 14.8 Å². The van der Waals surface area contributed by atoms with Gasteiger partial charge in [-0.05, 0) is 0 Å². The molecule has 1 heterocycles. The summed E-state index contributed by atoms with van der Waals surface area (Å²) >= 11 is 0. The molecule has 2 N–H and O–H groups in total. The quantitative estimate of drug-likeness (QED) is 0.682. The summed E-state index contributed by atoms with van der Waals surface area (Å²) in [5, 5.41) is 11.2. The number of aromatic nitrogens is 2. The first-order valence-electron chi connectivity index (χ1n) is 4.10. The van der Waals surface area contributed by atoms with E-state index < -0.39 is 11.9 Å². The standard InChI is InChI=1S/C9H9N3O3/c1-2-3-12-8(13)6-7(9(14)15)11-5-4-10-6/h2,4-5H,1,3H2,(H,12,13)(H,14,15). The van der Waals surface area contributed by atoms with E-state index in [1.54, 1.807) is 0 Å². The molecule has 0 aromatic carbocycles. The van der Waals surface area contributed by atoms with Crippen LogP contribution < -0.4 is 5.32 Å². The Bertz CT molecular complexity index is 403. The molecular weight excluding hydrogens is 198 g/mol. The summed E-state index contributed by atoms with van der Waals surface area (Å²) in [6.45, 7) is 3.66. The van der Waals surface area contributed by atoms with Crippen molar-refractivity contribution in [2.75, 3.05) is 6.54 Å². The molecule has 0 atom stereocenters. The van der Waals surface area contributed by atoms with E-state index in [9.17, 15) is 9.59 Å². The van der Waals surface area contributed by atoms with Crippen LogP contribution in [0, 0.1) is 0 Å². The molecule has 15 heavy (non-hydrogen) atoms. The second-order valence-corrected chi connectivity index (χ2v) is 2.56. The summed E-state index contributed by atoms with van der Waals surface area (Å²) in [4.78, 5) is 29.3. The van der Waals surface area contributed by atoms with Gasteiger partial charge in [0.1, 0.15) is 0 Å². The number of carboxylic acid groups (broad SMARTS) is 1. The van der Waals surface area contributed by atoms with Crippen LogP contribution in [0.1, 0.15) is 21.0 Å². The molecule has 1 rings (SSSR count). The van der Waals surface area contributed by atoms with E-state index in [1.807, 2.05) is 0 Å². The Kier molecular flexibility index (Phi) is 3.50. The Hall–Kier alpha value is -2.24. The minimum Gasteiger partial charge on any atom is -0.476 e. The molecule has 0 saturated heterocycles. The Labute approximate surface area is 85.7 Å². The van der Waals surface area contributed by atoms with E-state index >= 15 is 0 Å². The number of aromatic carboxylic acids is 1. The van der Waals surface area contributed by atoms with Crippen LogP contribution in [0.15, 0.2) is 25.0 Å². The van der Waals surface area contributed by atoms with Crippen molar-refractivity contribution in [3.63, 3.8) is 0 Å². The molecule has 0 aliphatic carbocycles. The van der Waals surface area contributed by atoms with Crippen molar-refractivity contribution in [2.45, 2.75) is 0 Å². The highest BCUT2D eigenvalue weighted by Gasteiger charge is 2.18. The molecular formula is C9H9N3O3. The highest BCUT2D eigenvalue weighted by molar-refractivity contribution is 6.01. The zero-order chi connectivity index (χ0) is 11.3. The molecule has 0 aliphatic heterocycles. The summed E-state index contributed by atoms with van der Waals surface area (Å²) in [5.41, 5.74) is -0.564. The number of carbonyl (C=O) groups is 2. The second kappa shape index (κ2) is 4.85. The van der Waals surface area contributed by atoms with Gasteiger partial charge in [-0.1, -0.05) is 6.08 Å². The third-order valence-electron chi connectivity index (χ3n) is 1.52. The smallest absolute Gasteiger partial charge is 0.356 e. The van der Waals surface area contributed by atoms with Crippen LogP contribution in [0.25, 0.3) is 0 Å². The van der Waals surface area contributed by atoms with Gasteiger partial charge in [0.2, 0.25) is 0 Å². The van der Waals surface area contributed by atoms with E-state index in [-0.39, 0.29) is 17.9 Å². The van der Waals surface area contributed by atoms with Gasteiger partial charge in [0.25, 0.3) is 5.91 Å². The van der Waals surface area contributed by atoms with Gasteiger partial charge < -0.3 is 10.4 Å². The van der Waals surface area contributed by atoms with E-state index in [0.717, 1.165) is 0 Å². The van der Waals surface area contributed by atoms with Crippen molar-refractivity contribution in [3.05, 3.63) is 36.4 Å². The predicted octanol–water partition coefficient (Wildman–Crippen LogP) is 0.0906. The molecule has 78 valence electrons. The summed E-state index contributed by atoms with van der Waals surface area (Å²) < 4.78 is 0. The lowest BCUT2D eigenvalue weighted by Crippen LogP contribution is -2.27. The normalized spacial score (nSPS) is 9.33. The molecule has 0 saturated carbocycles. The molecule has 0 radical (unpaired) electrons. The van der Waals surface area contributed by atoms with Gasteiger partial charge in [-0.3, -0.25) is 4.79 Å². The first kappa shape index (κ1) is 10.8. The van der Waals surface area contributed by atoms with Crippen LogP contribution in [-0.2, 0) is 0 Å². The highest BCUT2D eigenvalue weighted by Crippen LogP contribution is 2.00. The molecule has 0 unspecified atom stereocenters. The van der Waals surface area contributed by atoms with Crippen LogP contribution in [0.2, 0.25) is 0 Å². The van der Waals surface area contributed by atoms with Gasteiger partial charge in [-0.2, -0.15) is 0 Å². The number of hydrogen-bond acceptors (Lipinski definition) is 4. The molecule has 0 fully saturated rings. The highest BCUT2D eigenvalue weighted by atomic mass is 16.4. The number of carbonyl (C=O) groups excluding carboxylic acids is 1. The average Bonchev–Trinajstić information content (AvgIpc) is 2.25. The lowest BCUT2D eigenvalue weighted by molar-refractivity contribution is 0.0683. The summed E-state index contributed by atoms with van der Waals surface area (Å²) in [6, 6.07) is 0. The first-order valence-corrected chi connectivity index (χ1v) is 4.10. The largest absolute Gasteiger partial charge is 0.476 e. The summed E-state index contributed by atoms with van der Waals surface area (Å²) in [5.74, 6) is -1.87. The average molecular weight is 207 g/mol. The van der Waals surface area contributed by atoms with E-state index in [1.165, 1.54) is 18.5 Å². The molecule has 0 spiro atoms. The summed E-state index contributed by atoms with van der Waals surface area (Å²) in [6.07, 6.45) is 3.96. The van der Waals surface area contributed by atoms with Crippen LogP contribution in [-0.4, -0.2) is 33.5 Å². The number of amides is 1. The number of hydrogen-bond donors (Lipinski definition) is 2. The van der Waals surface area contributed by atoms with Gasteiger partial charge >= 0.3 is 5.97 Å². The van der Waals surface area contributed by atoms with E-state index in [0.29, 0.717) is 0 Å². The van der Waals surface area contributed by atoms with Crippen LogP contribution >= 0.6 is 0 Å². The maximum atomic E-state index is 11.4. The fourth-order valence-electron chi connectivity index (χ4n) is 0.909. The molecule has 6 nitrogen and oxygen atoms in total. The molecule has 1 aromatic heterocycles. The van der Waals surface area contributed by atoms with Gasteiger partial charge in [0.15, 0.2) is 11.4 Å². The van der Waals surface area contributed by atoms with Crippen LogP contribution in [0.4, 0.5) is 0 Å². The van der Waals surface area contributed by atoms with Gasteiger partial charge in [0.05, 0.1) is 0 Å². The minimum atomic E-state index is -1.29. The van der Waals surface area contributed by atoms with Crippen LogP contribution in [0.3, 0.4) is 0 Å². The number of nitrogens with zero attached hydrogens (tertiary/aromatic N) is 2. The lowest BCUT2D eigenvalue weighted by Gasteiger charge is -2.03. The lowest BCUT2D eigenvalue weighted by atomic mass is 10.3. The van der Waals surface area contributed by atoms with Crippen molar-refractivity contribution >= 4 is 11.9 Å². The second-order valence-electron chi connectivity index (χ2n) is 2.56. The Morgan fingerprint density at radius 2 is 2.00 bits per heavy atom. The maximum Gasteiger partial charge on any atom is 0.356 e. The minimum absolute atomic E-state index is 0.202. The first-order chi connectivity index (χ1) is 7.16. The van der Waals surface area contributed by atoms with Gasteiger partial charge in [-0.15, -0.1) is 6.58 Å². The van der Waals surface area contributed by atoms with Crippen molar-refractivity contribution < 1.29 is 14.7 Å². The Balaban J connectivity index is 2.97. The number of nitrogens with one attached hydrogen (secondary N) is 1. The topological polar surface area (TPSA) is 92.2 Å². The monoisotopic (exact) mass is 207 g/mol. The molecule has 0 aliphatic rings. The zero-order valence-corrected chi connectivity index (χ0v) is 7.80. The van der Waals surface area contributed by atoms with E-state index in [4.69, 9.17) is 5.11 Å². The van der Waals surface area contributed by atoms with Crippen molar-refractivity contribution in [2.24, 2.45) is 0 Å². The maximum absolute atomic E-state index is 11.4.